The molecule has 3 aromatic carbocycles. The van der Waals surface area contributed by atoms with Gasteiger partial charge in [-0.05, 0) is 41.4 Å². The van der Waals surface area contributed by atoms with Gasteiger partial charge in [0.15, 0.2) is 5.05 Å². The van der Waals surface area contributed by atoms with E-state index in [1.165, 1.54) is 16.7 Å². The number of rotatable bonds is 7. The van der Waals surface area contributed by atoms with E-state index in [0.29, 0.717) is 11.0 Å². The first kappa shape index (κ1) is 19.4. The van der Waals surface area contributed by atoms with Gasteiger partial charge in [0.1, 0.15) is 5.94 Å². The lowest BCUT2D eigenvalue weighted by Gasteiger charge is -2.35. The van der Waals surface area contributed by atoms with Gasteiger partial charge in [-0.25, -0.2) is 0 Å². The first-order valence-corrected chi connectivity index (χ1v) is 10.2. The maximum Gasteiger partial charge on any atom is 0.187 e. The van der Waals surface area contributed by atoms with Crippen LogP contribution in [0.3, 0.4) is 0 Å². The number of thioether (sulfide) groups is 1. The van der Waals surface area contributed by atoms with Crippen molar-refractivity contribution in [3.63, 3.8) is 0 Å². The molecule has 3 rings (SSSR count). The maximum atomic E-state index is 5.82. The second-order valence-corrected chi connectivity index (χ2v) is 7.76. The summed E-state index contributed by atoms with van der Waals surface area (Å²) in [5, 5.41) is 0.464. The van der Waals surface area contributed by atoms with Gasteiger partial charge in [0.25, 0.3) is 0 Å². The normalized spacial score (nSPS) is 11.0. The highest BCUT2D eigenvalue weighted by Gasteiger charge is 2.37. The van der Waals surface area contributed by atoms with Gasteiger partial charge >= 0.3 is 0 Å². The maximum absolute atomic E-state index is 5.82. The topological polar surface area (TPSA) is 9.23 Å². The quantitative estimate of drug-likeness (QED) is 0.195. The predicted octanol–water partition coefficient (Wildman–Crippen LogP) is 6.59. The average molecular weight is 391 g/mol. The molecule has 3 aromatic rings. The molecule has 0 radical (unpaired) electrons. The molecule has 0 aliphatic carbocycles. The Bertz CT molecular complexity index is 793. The van der Waals surface area contributed by atoms with Crippen LogP contribution in [0.15, 0.2) is 103 Å². The van der Waals surface area contributed by atoms with Crippen LogP contribution in [0.5, 0.6) is 0 Å². The predicted molar refractivity (Wildman–Crippen MR) is 120 cm³/mol. The average Bonchev–Trinajstić information content (AvgIpc) is 2.73. The smallest absolute Gasteiger partial charge is 0.187 e. The van der Waals surface area contributed by atoms with Crippen LogP contribution in [0.4, 0.5) is 0 Å². The summed E-state index contributed by atoms with van der Waals surface area (Å²) >= 11 is 7.00. The molecule has 0 saturated heterocycles. The molecule has 1 nitrogen and oxygen atoms in total. The van der Waals surface area contributed by atoms with E-state index in [1.807, 2.05) is 25.1 Å². The minimum atomic E-state index is -0.394. The van der Waals surface area contributed by atoms with Crippen LogP contribution < -0.4 is 0 Å². The third-order valence-electron chi connectivity index (χ3n) is 4.35. The molecule has 0 aromatic heterocycles. The number of benzene rings is 3. The Hall–Kier alpha value is -2.36. The number of thiocarbonyl (C=S) groups is 1. The van der Waals surface area contributed by atoms with E-state index < -0.39 is 4.75 Å². The van der Waals surface area contributed by atoms with Gasteiger partial charge < -0.3 is 4.74 Å². The summed E-state index contributed by atoms with van der Waals surface area (Å²) in [5.74, 6) is 0.435. The molecule has 0 atom stereocenters. The molecule has 0 unspecified atom stereocenters. The fourth-order valence-corrected chi connectivity index (χ4v) is 4.46. The molecule has 0 aliphatic heterocycles. The van der Waals surface area contributed by atoms with Crippen LogP contribution in [0.25, 0.3) is 0 Å². The fourth-order valence-electron chi connectivity index (χ4n) is 3.06. The SMILES string of the molecule is C=C(C)C(=S)OCSC(c1ccccc1)(c1ccccc1)c1ccccc1. The van der Waals surface area contributed by atoms with Gasteiger partial charge in [-0.3, -0.25) is 0 Å². The summed E-state index contributed by atoms with van der Waals surface area (Å²) in [5.41, 5.74) is 4.39. The van der Waals surface area contributed by atoms with Crippen molar-refractivity contribution in [2.75, 3.05) is 5.94 Å². The van der Waals surface area contributed by atoms with Crippen LogP contribution in [0.2, 0.25) is 0 Å². The Kier molecular flexibility index (Phi) is 6.49. The summed E-state index contributed by atoms with van der Waals surface area (Å²) in [7, 11) is 0. The van der Waals surface area contributed by atoms with Crippen molar-refractivity contribution >= 4 is 29.0 Å². The summed E-state index contributed by atoms with van der Waals surface area (Å²) in [6.45, 7) is 5.74. The molecule has 136 valence electrons. The summed E-state index contributed by atoms with van der Waals surface area (Å²) in [4.78, 5) is 0. The zero-order valence-corrected chi connectivity index (χ0v) is 16.9. The van der Waals surface area contributed by atoms with Gasteiger partial charge in [-0.15, -0.1) is 0 Å². The van der Waals surface area contributed by atoms with Crippen LogP contribution in [0.1, 0.15) is 23.6 Å². The summed E-state index contributed by atoms with van der Waals surface area (Å²) in [6.07, 6.45) is 0. The van der Waals surface area contributed by atoms with Gasteiger partial charge in [-0.1, -0.05) is 109 Å². The summed E-state index contributed by atoms with van der Waals surface area (Å²) < 4.78 is 5.42. The van der Waals surface area contributed by atoms with E-state index in [1.54, 1.807) is 11.8 Å². The Labute approximate surface area is 171 Å². The Morgan fingerprint density at radius 2 is 1.19 bits per heavy atom. The molecule has 3 heteroatoms. The van der Waals surface area contributed by atoms with Crippen molar-refractivity contribution in [1.82, 2.24) is 0 Å². The first-order valence-electron chi connectivity index (χ1n) is 8.78. The van der Waals surface area contributed by atoms with Crippen LogP contribution in [-0.2, 0) is 9.48 Å². The fraction of sp³-hybridized carbons (Fsp3) is 0.125. The third kappa shape index (κ3) is 4.32. The highest BCUT2D eigenvalue weighted by Crippen LogP contribution is 2.48. The van der Waals surface area contributed by atoms with Crippen LogP contribution >= 0.6 is 24.0 Å². The lowest BCUT2D eigenvalue weighted by Crippen LogP contribution is -2.26. The van der Waals surface area contributed by atoms with Crippen molar-refractivity contribution in [3.05, 3.63) is 120 Å². The van der Waals surface area contributed by atoms with Gasteiger partial charge in [0.2, 0.25) is 0 Å². The molecule has 0 bridgehead atoms. The van der Waals surface area contributed by atoms with Gasteiger partial charge in [0.05, 0.1) is 4.75 Å². The lowest BCUT2D eigenvalue weighted by atomic mass is 9.84. The van der Waals surface area contributed by atoms with E-state index >= 15 is 0 Å². The van der Waals surface area contributed by atoms with Crippen LogP contribution in [0, 0.1) is 0 Å². The number of hydrogen-bond acceptors (Lipinski definition) is 3. The molecule has 0 N–H and O–H groups in total. The third-order valence-corrected chi connectivity index (χ3v) is 6.20. The highest BCUT2D eigenvalue weighted by molar-refractivity contribution is 8.00. The second-order valence-electron chi connectivity index (χ2n) is 6.25. The zero-order valence-electron chi connectivity index (χ0n) is 15.3. The molecule has 0 spiro atoms. The minimum Gasteiger partial charge on any atom is -0.472 e. The standard InChI is InChI=1S/C24H22OS2/c1-19(2)23(26)25-18-27-24(20-12-6-3-7-13-20,21-14-8-4-9-15-21)22-16-10-5-11-17-22/h3-17H,1,18H2,2H3. The van der Waals surface area contributed by atoms with Crippen molar-refractivity contribution < 1.29 is 4.74 Å². The lowest BCUT2D eigenvalue weighted by molar-refractivity contribution is 0.390. The van der Waals surface area contributed by atoms with Crippen molar-refractivity contribution in [2.24, 2.45) is 0 Å². The molecule has 0 fully saturated rings. The van der Waals surface area contributed by atoms with E-state index in [2.05, 4.69) is 79.4 Å². The zero-order chi connectivity index (χ0) is 19.1. The van der Waals surface area contributed by atoms with Crippen LogP contribution in [-0.4, -0.2) is 11.0 Å². The van der Waals surface area contributed by atoms with Gasteiger partial charge in [0, 0.05) is 0 Å². The van der Waals surface area contributed by atoms with Gasteiger partial charge in [-0.2, -0.15) is 0 Å². The van der Waals surface area contributed by atoms with E-state index in [4.69, 9.17) is 17.0 Å². The van der Waals surface area contributed by atoms with Crippen molar-refractivity contribution in [2.45, 2.75) is 11.7 Å². The molecular weight excluding hydrogens is 368 g/mol. The molecule has 27 heavy (non-hydrogen) atoms. The van der Waals surface area contributed by atoms with Crippen molar-refractivity contribution in [3.8, 4) is 0 Å². The molecule has 0 aliphatic rings. The Morgan fingerprint density at radius 3 is 1.52 bits per heavy atom. The molecular formula is C24H22OS2. The monoisotopic (exact) mass is 390 g/mol. The van der Waals surface area contributed by atoms with Crippen molar-refractivity contribution in [1.29, 1.82) is 0 Å². The molecule has 0 heterocycles. The minimum absolute atomic E-state index is 0.394. The summed E-state index contributed by atoms with van der Waals surface area (Å²) in [6, 6.07) is 31.6. The van der Waals surface area contributed by atoms with E-state index in [-0.39, 0.29) is 0 Å². The number of ether oxygens (including phenoxy) is 1. The first-order chi connectivity index (χ1) is 13.1. The second kappa shape index (κ2) is 9.03. The molecule has 0 saturated carbocycles. The Morgan fingerprint density at radius 1 is 0.815 bits per heavy atom. The highest BCUT2D eigenvalue weighted by atomic mass is 32.2. The van der Waals surface area contributed by atoms with E-state index in [0.717, 1.165) is 5.57 Å². The number of hydrogen-bond donors (Lipinski definition) is 0. The molecule has 0 amide bonds. The van der Waals surface area contributed by atoms with E-state index in [9.17, 15) is 0 Å². The largest absolute Gasteiger partial charge is 0.472 e. The Balaban J connectivity index is 2.11.